The van der Waals surface area contributed by atoms with Crippen LogP contribution in [0.5, 0.6) is 0 Å². The van der Waals surface area contributed by atoms with Crippen molar-refractivity contribution in [3.05, 3.63) is 34.9 Å². The Morgan fingerprint density at radius 1 is 1.19 bits per heavy atom. The molecule has 0 aliphatic rings. The molecule has 0 radical (unpaired) electrons. The highest BCUT2D eigenvalue weighted by Crippen LogP contribution is 2.09. The molecule has 0 saturated heterocycles. The van der Waals surface area contributed by atoms with Crippen LogP contribution >= 0.6 is 0 Å². The maximum absolute atomic E-state index is 11.3. The van der Waals surface area contributed by atoms with Crippen molar-refractivity contribution >= 4 is 11.9 Å². The molecule has 1 aromatic rings. The minimum Gasteiger partial charge on any atom is -0.350 e. The molecule has 86 valence electrons. The Labute approximate surface area is 94.0 Å². The number of urea groups is 1. The highest BCUT2D eigenvalue weighted by atomic mass is 16.2. The highest BCUT2D eigenvalue weighted by Gasteiger charge is 2.04. The van der Waals surface area contributed by atoms with E-state index in [0.717, 1.165) is 11.1 Å². The number of hydrogen-bond acceptors (Lipinski definition) is 2. The van der Waals surface area contributed by atoms with E-state index in [-0.39, 0.29) is 12.3 Å². The molecule has 1 aromatic carbocycles. The van der Waals surface area contributed by atoms with Crippen LogP contribution in [-0.4, -0.2) is 11.9 Å². The van der Waals surface area contributed by atoms with Crippen LogP contribution in [0.3, 0.4) is 0 Å². The third-order valence-electron chi connectivity index (χ3n) is 2.26. The van der Waals surface area contributed by atoms with Crippen LogP contribution in [-0.2, 0) is 11.2 Å². The predicted molar refractivity (Wildman–Crippen MR) is 60.5 cm³/mol. The molecule has 0 unspecified atom stereocenters. The fraction of sp³-hybridized carbons (Fsp3) is 0.273. The summed E-state index contributed by atoms with van der Waals surface area (Å²) in [5.74, 6) is -0.304. The molecule has 0 aliphatic heterocycles. The molecule has 1 rings (SSSR count). The molecule has 5 heteroatoms. The van der Waals surface area contributed by atoms with E-state index in [1.807, 2.05) is 37.5 Å². The van der Waals surface area contributed by atoms with Crippen molar-refractivity contribution in [1.82, 2.24) is 10.9 Å². The Morgan fingerprint density at radius 2 is 1.88 bits per heavy atom. The van der Waals surface area contributed by atoms with Crippen LogP contribution in [0, 0.1) is 13.8 Å². The van der Waals surface area contributed by atoms with Gasteiger partial charge in [0.1, 0.15) is 0 Å². The van der Waals surface area contributed by atoms with Crippen molar-refractivity contribution in [2.45, 2.75) is 20.3 Å². The van der Waals surface area contributed by atoms with Gasteiger partial charge in [0, 0.05) is 0 Å². The lowest BCUT2D eigenvalue weighted by Crippen LogP contribution is -2.45. The van der Waals surface area contributed by atoms with Gasteiger partial charge in [-0.25, -0.2) is 10.2 Å². The summed E-state index contributed by atoms with van der Waals surface area (Å²) >= 11 is 0. The molecule has 0 spiro atoms. The first kappa shape index (κ1) is 12.0. The Bertz CT molecular complexity index is 416. The lowest BCUT2D eigenvalue weighted by molar-refractivity contribution is -0.121. The van der Waals surface area contributed by atoms with E-state index < -0.39 is 6.03 Å². The van der Waals surface area contributed by atoms with E-state index >= 15 is 0 Å². The normalized spacial score (nSPS) is 9.62. The molecule has 0 aliphatic carbocycles. The standard InChI is InChI=1S/C11H15N3O2/c1-7-3-4-9(5-8(7)2)6-10(15)13-14-11(12)16/h3-5H,6H2,1-2H3,(H,13,15)(H3,12,14,16). The molecular weight excluding hydrogens is 206 g/mol. The second-order valence-corrected chi connectivity index (χ2v) is 3.63. The number of hydrazine groups is 1. The first-order chi connectivity index (χ1) is 7.49. The van der Waals surface area contributed by atoms with Crippen molar-refractivity contribution in [1.29, 1.82) is 0 Å². The van der Waals surface area contributed by atoms with Crippen molar-refractivity contribution in [2.75, 3.05) is 0 Å². The molecule has 0 saturated carbocycles. The minimum absolute atomic E-state index is 0.210. The maximum atomic E-state index is 11.3. The molecule has 16 heavy (non-hydrogen) atoms. The van der Waals surface area contributed by atoms with Gasteiger partial charge in [-0.05, 0) is 30.5 Å². The van der Waals surface area contributed by atoms with Crippen LogP contribution in [0.15, 0.2) is 18.2 Å². The van der Waals surface area contributed by atoms with Crippen LogP contribution in [0.25, 0.3) is 0 Å². The fourth-order valence-corrected chi connectivity index (χ4v) is 1.27. The summed E-state index contributed by atoms with van der Waals surface area (Å²) in [5.41, 5.74) is 12.3. The van der Waals surface area contributed by atoms with E-state index in [0.29, 0.717) is 0 Å². The largest absolute Gasteiger partial charge is 0.350 e. The molecular formula is C11H15N3O2. The molecule has 3 amide bonds. The summed E-state index contributed by atoms with van der Waals surface area (Å²) in [6.45, 7) is 3.99. The number of nitrogens with one attached hydrogen (secondary N) is 2. The Morgan fingerprint density at radius 3 is 2.44 bits per heavy atom. The van der Waals surface area contributed by atoms with Gasteiger partial charge in [-0.15, -0.1) is 0 Å². The summed E-state index contributed by atoms with van der Waals surface area (Å²) < 4.78 is 0. The fourth-order valence-electron chi connectivity index (χ4n) is 1.27. The van der Waals surface area contributed by atoms with Gasteiger partial charge in [-0.3, -0.25) is 10.2 Å². The second-order valence-electron chi connectivity index (χ2n) is 3.63. The van der Waals surface area contributed by atoms with Gasteiger partial charge >= 0.3 is 6.03 Å². The molecule has 4 N–H and O–H groups in total. The number of rotatable bonds is 2. The first-order valence-corrected chi connectivity index (χ1v) is 4.89. The quantitative estimate of drug-likeness (QED) is 0.637. The molecule has 0 aromatic heterocycles. The van der Waals surface area contributed by atoms with Gasteiger partial charge in [0.2, 0.25) is 5.91 Å². The van der Waals surface area contributed by atoms with Gasteiger partial charge in [0.05, 0.1) is 6.42 Å². The summed E-state index contributed by atoms with van der Waals surface area (Å²) in [5, 5.41) is 0. The van der Waals surface area contributed by atoms with E-state index in [2.05, 4.69) is 5.43 Å². The molecule has 0 atom stereocenters. The van der Waals surface area contributed by atoms with Gasteiger partial charge < -0.3 is 5.73 Å². The van der Waals surface area contributed by atoms with Crippen LogP contribution < -0.4 is 16.6 Å². The van der Waals surface area contributed by atoms with Crippen molar-refractivity contribution in [3.8, 4) is 0 Å². The number of aryl methyl sites for hydroxylation is 2. The van der Waals surface area contributed by atoms with E-state index in [1.54, 1.807) is 0 Å². The number of benzene rings is 1. The zero-order valence-corrected chi connectivity index (χ0v) is 9.33. The number of nitrogens with two attached hydrogens (primary N) is 1. The van der Waals surface area contributed by atoms with E-state index in [1.165, 1.54) is 5.56 Å². The monoisotopic (exact) mass is 221 g/mol. The average Bonchev–Trinajstić information content (AvgIpc) is 2.21. The minimum atomic E-state index is -0.784. The average molecular weight is 221 g/mol. The highest BCUT2D eigenvalue weighted by molar-refractivity contribution is 5.81. The lowest BCUT2D eigenvalue weighted by atomic mass is 10.0. The first-order valence-electron chi connectivity index (χ1n) is 4.89. The molecule has 5 nitrogen and oxygen atoms in total. The SMILES string of the molecule is Cc1ccc(CC(=O)NNC(N)=O)cc1C. The third kappa shape index (κ3) is 3.61. The van der Waals surface area contributed by atoms with E-state index in [9.17, 15) is 9.59 Å². The zero-order chi connectivity index (χ0) is 12.1. The third-order valence-corrected chi connectivity index (χ3v) is 2.26. The number of amides is 3. The van der Waals surface area contributed by atoms with Gasteiger partial charge in [-0.2, -0.15) is 0 Å². The molecule has 0 heterocycles. The Balaban J connectivity index is 2.56. The topological polar surface area (TPSA) is 84.2 Å². The Kier molecular flexibility index (Phi) is 3.88. The smallest absolute Gasteiger partial charge is 0.330 e. The summed E-state index contributed by atoms with van der Waals surface area (Å²) in [6.07, 6.45) is 0.210. The molecule has 0 fully saturated rings. The zero-order valence-electron chi connectivity index (χ0n) is 9.33. The summed E-state index contributed by atoms with van der Waals surface area (Å²) in [6, 6.07) is 5.00. The van der Waals surface area contributed by atoms with Crippen LogP contribution in [0.2, 0.25) is 0 Å². The number of carbonyl (C=O) groups excluding carboxylic acids is 2. The van der Waals surface area contributed by atoms with Crippen LogP contribution in [0.4, 0.5) is 4.79 Å². The number of primary amides is 1. The van der Waals surface area contributed by atoms with E-state index in [4.69, 9.17) is 5.73 Å². The van der Waals surface area contributed by atoms with Gasteiger partial charge in [0.25, 0.3) is 0 Å². The van der Waals surface area contributed by atoms with Crippen molar-refractivity contribution in [3.63, 3.8) is 0 Å². The van der Waals surface area contributed by atoms with Crippen molar-refractivity contribution in [2.24, 2.45) is 5.73 Å². The van der Waals surface area contributed by atoms with Gasteiger partial charge in [0.15, 0.2) is 0 Å². The molecule has 0 bridgehead atoms. The number of hydrogen-bond donors (Lipinski definition) is 3. The summed E-state index contributed by atoms with van der Waals surface area (Å²) in [4.78, 5) is 21.7. The number of carbonyl (C=O) groups is 2. The Hall–Kier alpha value is -2.04. The predicted octanol–water partition coefficient (Wildman–Crippen LogP) is 0.545. The second kappa shape index (κ2) is 5.16. The lowest BCUT2D eigenvalue weighted by Gasteiger charge is -2.06. The van der Waals surface area contributed by atoms with Crippen molar-refractivity contribution < 1.29 is 9.59 Å². The summed E-state index contributed by atoms with van der Waals surface area (Å²) in [7, 11) is 0. The van der Waals surface area contributed by atoms with Crippen LogP contribution in [0.1, 0.15) is 16.7 Å². The maximum Gasteiger partial charge on any atom is 0.330 e. The van der Waals surface area contributed by atoms with Gasteiger partial charge in [-0.1, -0.05) is 18.2 Å².